The van der Waals surface area contributed by atoms with E-state index >= 15 is 0 Å². The fraction of sp³-hybridized carbons (Fsp3) is 0.379. The number of anilines is 1. The number of hydrogen-bond acceptors (Lipinski definition) is 6. The molecule has 1 saturated heterocycles. The quantitative estimate of drug-likeness (QED) is 0.487. The first-order valence-electron chi connectivity index (χ1n) is 13.1. The van der Waals surface area contributed by atoms with Crippen LogP contribution in [0.2, 0.25) is 0 Å². The molecule has 5 rings (SSSR count). The van der Waals surface area contributed by atoms with Crippen LogP contribution in [0.1, 0.15) is 35.3 Å². The molecule has 8 nitrogen and oxygen atoms in total. The Kier molecular flexibility index (Phi) is 7.34. The van der Waals surface area contributed by atoms with Crippen molar-refractivity contribution in [1.29, 1.82) is 0 Å². The summed E-state index contributed by atoms with van der Waals surface area (Å²) in [5, 5.41) is 5.73. The lowest BCUT2D eigenvalue weighted by molar-refractivity contribution is -0.111. The van der Waals surface area contributed by atoms with Gasteiger partial charge in [-0.15, -0.1) is 0 Å². The highest BCUT2D eigenvalue weighted by molar-refractivity contribution is 6.32. The third-order valence-corrected chi connectivity index (χ3v) is 7.34. The molecule has 200 valence electrons. The Morgan fingerprint density at radius 1 is 1.08 bits per heavy atom. The predicted octanol–water partition coefficient (Wildman–Crippen LogP) is 2.69. The van der Waals surface area contributed by atoms with Crippen LogP contribution in [0.15, 0.2) is 54.3 Å². The van der Waals surface area contributed by atoms with Crippen LogP contribution in [0.4, 0.5) is 10.1 Å². The summed E-state index contributed by atoms with van der Waals surface area (Å²) >= 11 is 0. The normalized spacial score (nSPS) is 21.1. The van der Waals surface area contributed by atoms with Crippen molar-refractivity contribution in [1.82, 2.24) is 15.1 Å². The number of halogens is 1. The lowest BCUT2D eigenvalue weighted by atomic mass is 9.91. The number of nitrogens with one attached hydrogen (secondary N) is 2. The second kappa shape index (κ2) is 10.7. The summed E-state index contributed by atoms with van der Waals surface area (Å²) in [5.74, 6) is -0.398. The van der Waals surface area contributed by atoms with Crippen molar-refractivity contribution in [2.24, 2.45) is 5.73 Å². The van der Waals surface area contributed by atoms with Gasteiger partial charge in [-0.05, 0) is 55.8 Å². The van der Waals surface area contributed by atoms with Gasteiger partial charge in [0.2, 0.25) is 0 Å². The van der Waals surface area contributed by atoms with Gasteiger partial charge in [0.1, 0.15) is 17.2 Å². The van der Waals surface area contributed by atoms with Crippen LogP contribution in [-0.4, -0.2) is 79.6 Å². The summed E-state index contributed by atoms with van der Waals surface area (Å²) in [6.07, 6.45) is 1.86. The van der Waals surface area contributed by atoms with Crippen LogP contribution >= 0.6 is 0 Å². The Labute approximate surface area is 222 Å². The first-order chi connectivity index (χ1) is 18.2. The van der Waals surface area contributed by atoms with Crippen LogP contribution < -0.4 is 16.4 Å². The molecule has 3 heterocycles. The van der Waals surface area contributed by atoms with Crippen LogP contribution in [0, 0.1) is 5.82 Å². The molecule has 1 fully saturated rings. The third kappa shape index (κ3) is 5.36. The number of fused-ring (bicyclic) bond motifs is 1. The van der Waals surface area contributed by atoms with E-state index in [-0.39, 0.29) is 11.8 Å². The zero-order chi connectivity index (χ0) is 26.9. The van der Waals surface area contributed by atoms with E-state index in [1.807, 2.05) is 32.1 Å². The van der Waals surface area contributed by atoms with Crippen molar-refractivity contribution in [3.63, 3.8) is 0 Å². The van der Waals surface area contributed by atoms with Gasteiger partial charge >= 0.3 is 0 Å². The summed E-state index contributed by atoms with van der Waals surface area (Å²) in [5.41, 5.74) is 8.76. The molecule has 3 aliphatic rings. The zero-order valence-electron chi connectivity index (χ0n) is 21.9. The Morgan fingerprint density at radius 3 is 2.45 bits per heavy atom. The van der Waals surface area contributed by atoms with Gasteiger partial charge in [0, 0.05) is 69.1 Å². The van der Waals surface area contributed by atoms with Crippen LogP contribution in [0.3, 0.4) is 0 Å². The fourth-order valence-electron chi connectivity index (χ4n) is 5.26. The molecule has 9 heteroatoms. The standard InChI is InChI=1S/C29H34FN5O3/c1-29(2)23(18-25(38-29)26-22-8-7-21(30)17-24(22)33-28(26)37)19-3-5-20(6-4-19)27(36)32-10-12-35-15-13-34(11-9-31)14-16-35/h3-8,17-18H,9-16,31H2,1-2H3,(H,32,36)(H,33,37). The Hall–Kier alpha value is -3.53. The van der Waals surface area contributed by atoms with Gasteiger partial charge in [-0.25, -0.2) is 4.39 Å². The average Bonchev–Trinajstić information content (AvgIpc) is 3.39. The molecule has 0 aliphatic carbocycles. The highest BCUT2D eigenvalue weighted by Crippen LogP contribution is 2.44. The second-order valence-corrected chi connectivity index (χ2v) is 10.4. The van der Waals surface area contributed by atoms with Gasteiger partial charge in [-0.3, -0.25) is 19.4 Å². The maximum absolute atomic E-state index is 13.6. The maximum atomic E-state index is 13.6. The van der Waals surface area contributed by atoms with E-state index in [0.717, 1.165) is 50.4 Å². The van der Waals surface area contributed by atoms with E-state index in [1.54, 1.807) is 18.2 Å². The molecule has 2 aromatic carbocycles. The number of benzene rings is 2. The smallest absolute Gasteiger partial charge is 0.260 e. The third-order valence-electron chi connectivity index (χ3n) is 7.34. The summed E-state index contributed by atoms with van der Waals surface area (Å²) in [7, 11) is 0. The van der Waals surface area contributed by atoms with Crippen LogP contribution in [0.25, 0.3) is 11.1 Å². The van der Waals surface area contributed by atoms with Crippen molar-refractivity contribution in [3.05, 3.63) is 76.8 Å². The topological polar surface area (TPSA) is 99.9 Å². The molecule has 0 radical (unpaired) electrons. The van der Waals surface area contributed by atoms with Crippen molar-refractivity contribution in [2.75, 3.05) is 57.7 Å². The first-order valence-corrected chi connectivity index (χ1v) is 13.1. The van der Waals surface area contributed by atoms with Gasteiger partial charge in [0.25, 0.3) is 11.8 Å². The molecular formula is C29H34FN5O3. The van der Waals surface area contributed by atoms with Crippen molar-refractivity contribution < 1.29 is 18.7 Å². The minimum absolute atomic E-state index is 0.108. The zero-order valence-corrected chi connectivity index (χ0v) is 21.9. The maximum Gasteiger partial charge on any atom is 0.260 e. The lowest BCUT2D eigenvalue weighted by Gasteiger charge is -2.34. The van der Waals surface area contributed by atoms with E-state index in [1.165, 1.54) is 12.1 Å². The van der Waals surface area contributed by atoms with Gasteiger partial charge in [-0.1, -0.05) is 12.1 Å². The number of hydrogen-bond donors (Lipinski definition) is 3. The minimum atomic E-state index is -0.691. The summed E-state index contributed by atoms with van der Waals surface area (Å²) in [6.45, 7) is 10.9. The summed E-state index contributed by atoms with van der Waals surface area (Å²) < 4.78 is 19.8. The van der Waals surface area contributed by atoms with Crippen molar-refractivity contribution >= 4 is 28.6 Å². The van der Waals surface area contributed by atoms with Crippen molar-refractivity contribution in [3.8, 4) is 0 Å². The number of amides is 2. The highest BCUT2D eigenvalue weighted by Gasteiger charge is 2.38. The molecule has 0 spiro atoms. The molecule has 3 aliphatic heterocycles. The lowest BCUT2D eigenvalue weighted by Crippen LogP contribution is -2.49. The summed E-state index contributed by atoms with van der Waals surface area (Å²) in [6, 6.07) is 11.6. The Balaban J connectivity index is 1.24. The van der Waals surface area contributed by atoms with E-state index < -0.39 is 11.4 Å². The van der Waals surface area contributed by atoms with Gasteiger partial charge < -0.3 is 21.1 Å². The number of carbonyl (C=O) groups excluding carboxylic acids is 2. The minimum Gasteiger partial charge on any atom is -0.482 e. The fourth-order valence-corrected chi connectivity index (χ4v) is 5.26. The molecule has 0 unspecified atom stereocenters. The van der Waals surface area contributed by atoms with Crippen LogP contribution in [-0.2, 0) is 9.53 Å². The number of allylic oxidation sites excluding steroid dienone is 1. The largest absolute Gasteiger partial charge is 0.482 e. The van der Waals surface area contributed by atoms with Gasteiger partial charge in [-0.2, -0.15) is 0 Å². The van der Waals surface area contributed by atoms with Gasteiger partial charge in [0.15, 0.2) is 0 Å². The first kappa shape index (κ1) is 26.1. The predicted molar refractivity (Wildman–Crippen MR) is 146 cm³/mol. The number of ether oxygens (including phenoxy) is 1. The molecule has 4 N–H and O–H groups in total. The molecule has 2 aromatic rings. The van der Waals surface area contributed by atoms with Crippen LogP contribution in [0.5, 0.6) is 0 Å². The molecular weight excluding hydrogens is 485 g/mol. The number of carbonyl (C=O) groups is 2. The Morgan fingerprint density at radius 2 is 1.76 bits per heavy atom. The number of nitrogens with zero attached hydrogens (tertiary/aromatic N) is 2. The summed E-state index contributed by atoms with van der Waals surface area (Å²) in [4.78, 5) is 30.1. The van der Waals surface area contributed by atoms with E-state index in [9.17, 15) is 14.0 Å². The van der Waals surface area contributed by atoms with E-state index in [0.29, 0.717) is 41.2 Å². The molecule has 0 aromatic heterocycles. The molecule has 0 saturated carbocycles. The van der Waals surface area contributed by atoms with E-state index in [2.05, 4.69) is 20.4 Å². The average molecular weight is 520 g/mol. The number of nitrogens with two attached hydrogens (primary N) is 1. The Bertz CT molecular complexity index is 1290. The van der Waals surface area contributed by atoms with Gasteiger partial charge in [0.05, 0.1) is 11.3 Å². The second-order valence-electron chi connectivity index (χ2n) is 10.4. The monoisotopic (exact) mass is 519 g/mol. The number of piperazine rings is 1. The van der Waals surface area contributed by atoms with E-state index in [4.69, 9.17) is 10.5 Å². The van der Waals surface area contributed by atoms with Crippen molar-refractivity contribution in [2.45, 2.75) is 19.4 Å². The highest BCUT2D eigenvalue weighted by atomic mass is 19.1. The molecule has 0 atom stereocenters. The SMILES string of the molecule is CC1(C)OC(=C2C(=O)Nc3cc(F)ccc32)C=C1c1ccc(C(=O)NCCN2CCN(CCN)CC2)cc1. The molecule has 0 bridgehead atoms. The molecule has 38 heavy (non-hydrogen) atoms. The molecule has 2 amide bonds. The number of rotatable bonds is 7.